The Kier molecular flexibility index (Phi) is 5.26. The second kappa shape index (κ2) is 8.27. The summed E-state index contributed by atoms with van der Waals surface area (Å²) >= 11 is 0. The molecule has 186 valence electrons. The molecule has 2 aliphatic rings. The summed E-state index contributed by atoms with van der Waals surface area (Å²) in [7, 11) is 3.96. The molecule has 2 saturated carbocycles. The number of amides is 1. The number of hydrogen-bond donors (Lipinski definition) is 2. The molecule has 0 aliphatic heterocycles. The van der Waals surface area contributed by atoms with Gasteiger partial charge in [-0.15, -0.1) is 10.2 Å². The van der Waals surface area contributed by atoms with E-state index in [0.717, 1.165) is 46.5 Å². The number of aromatic nitrogens is 5. The SMILES string of the molecule is CC1CC(c2cccc(NC(=O)c3cc(CNC4(C)CC4)c4ccn(C)c4n3)c2)(c2nncn2C)C1. The van der Waals surface area contributed by atoms with Gasteiger partial charge < -0.3 is 19.8 Å². The number of benzene rings is 1. The summed E-state index contributed by atoms with van der Waals surface area (Å²) < 4.78 is 3.98. The Balaban J connectivity index is 1.29. The molecule has 8 heteroatoms. The van der Waals surface area contributed by atoms with Crippen LogP contribution in [0.25, 0.3) is 11.0 Å². The van der Waals surface area contributed by atoms with Crippen molar-refractivity contribution in [3.63, 3.8) is 0 Å². The molecule has 2 aliphatic carbocycles. The maximum Gasteiger partial charge on any atom is 0.274 e. The van der Waals surface area contributed by atoms with E-state index >= 15 is 0 Å². The van der Waals surface area contributed by atoms with Gasteiger partial charge in [0.2, 0.25) is 0 Å². The van der Waals surface area contributed by atoms with E-state index in [-0.39, 0.29) is 16.9 Å². The number of aryl methyl sites for hydroxylation is 2. The Labute approximate surface area is 211 Å². The van der Waals surface area contributed by atoms with Gasteiger partial charge in [0.1, 0.15) is 23.5 Å². The van der Waals surface area contributed by atoms with Crippen molar-refractivity contribution in [1.82, 2.24) is 29.6 Å². The lowest BCUT2D eigenvalue weighted by Crippen LogP contribution is -2.43. The molecule has 36 heavy (non-hydrogen) atoms. The van der Waals surface area contributed by atoms with Crippen LogP contribution in [0.5, 0.6) is 0 Å². The van der Waals surface area contributed by atoms with Crippen molar-refractivity contribution in [2.75, 3.05) is 5.32 Å². The number of anilines is 1. The number of carbonyl (C=O) groups is 1. The zero-order valence-electron chi connectivity index (χ0n) is 21.4. The van der Waals surface area contributed by atoms with Gasteiger partial charge in [-0.3, -0.25) is 4.79 Å². The van der Waals surface area contributed by atoms with Gasteiger partial charge in [0.05, 0.1) is 5.41 Å². The summed E-state index contributed by atoms with van der Waals surface area (Å²) in [4.78, 5) is 18.1. The third-order valence-corrected chi connectivity index (χ3v) is 8.07. The summed E-state index contributed by atoms with van der Waals surface area (Å²) in [6.45, 7) is 5.23. The molecule has 3 aromatic heterocycles. The Hall–Kier alpha value is -3.52. The van der Waals surface area contributed by atoms with Crippen LogP contribution in [0.15, 0.2) is 48.9 Å². The van der Waals surface area contributed by atoms with Crippen LogP contribution in [0.4, 0.5) is 5.69 Å². The van der Waals surface area contributed by atoms with Crippen molar-refractivity contribution in [2.24, 2.45) is 20.0 Å². The summed E-state index contributed by atoms with van der Waals surface area (Å²) in [6, 6.07) is 12.2. The summed E-state index contributed by atoms with van der Waals surface area (Å²) in [5.41, 5.74) is 4.29. The Bertz CT molecular complexity index is 1460. The molecule has 4 aromatic rings. The van der Waals surface area contributed by atoms with Crippen LogP contribution in [0.1, 0.15) is 67.0 Å². The molecule has 0 spiro atoms. The van der Waals surface area contributed by atoms with Gasteiger partial charge in [0, 0.05) is 43.4 Å². The van der Waals surface area contributed by atoms with Crippen molar-refractivity contribution in [2.45, 2.75) is 57.0 Å². The van der Waals surface area contributed by atoms with Crippen molar-refractivity contribution < 1.29 is 4.79 Å². The molecule has 1 amide bonds. The van der Waals surface area contributed by atoms with Crippen molar-refractivity contribution in [3.05, 3.63) is 71.6 Å². The minimum absolute atomic E-state index is 0.177. The van der Waals surface area contributed by atoms with Gasteiger partial charge in [0.25, 0.3) is 5.91 Å². The van der Waals surface area contributed by atoms with E-state index in [1.807, 2.05) is 47.6 Å². The van der Waals surface area contributed by atoms with Crippen molar-refractivity contribution in [3.8, 4) is 0 Å². The maximum atomic E-state index is 13.4. The fourth-order valence-corrected chi connectivity index (χ4v) is 5.72. The van der Waals surface area contributed by atoms with Crippen LogP contribution in [0.2, 0.25) is 0 Å². The number of nitrogens with zero attached hydrogens (tertiary/aromatic N) is 5. The second-order valence-electron chi connectivity index (χ2n) is 11.1. The number of rotatable bonds is 7. The quantitative estimate of drug-likeness (QED) is 0.409. The first-order valence-corrected chi connectivity index (χ1v) is 12.7. The highest BCUT2D eigenvalue weighted by molar-refractivity contribution is 6.04. The zero-order valence-corrected chi connectivity index (χ0v) is 21.4. The minimum atomic E-state index is -0.205. The molecule has 0 unspecified atom stereocenters. The summed E-state index contributed by atoms with van der Waals surface area (Å²) in [5.74, 6) is 1.39. The summed E-state index contributed by atoms with van der Waals surface area (Å²) in [6.07, 6.45) is 8.16. The fraction of sp³-hybridized carbons (Fsp3) is 0.429. The highest BCUT2D eigenvalue weighted by atomic mass is 16.1. The van der Waals surface area contributed by atoms with Gasteiger partial charge in [-0.2, -0.15) is 0 Å². The van der Waals surface area contributed by atoms with E-state index in [1.165, 1.54) is 12.8 Å². The lowest BCUT2D eigenvalue weighted by atomic mass is 9.58. The number of pyridine rings is 1. The van der Waals surface area contributed by atoms with E-state index < -0.39 is 0 Å². The first-order chi connectivity index (χ1) is 17.3. The normalized spacial score (nSPS) is 22.4. The topological polar surface area (TPSA) is 89.7 Å². The Morgan fingerprint density at radius 2 is 1.94 bits per heavy atom. The first kappa shape index (κ1) is 22.9. The van der Waals surface area contributed by atoms with Gasteiger partial charge >= 0.3 is 0 Å². The van der Waals surface area contributed by atoms with Crippen LogP contribution < -0.4 is 10.6 Å². The lowest BCUT2D eigenvalue weighted by Gasteiger charge is -2.46. The van der Waals surface area contributed by atoms with Gasteiger partial charge in [0.15, 0.2) is 0 Å². The first-order valence-electron chi connectivity index (χ1n) is 12.7. The van der Waals surface area contributed by atoms with Gasteiger partial charge in [-0.1, -0.05) is 19.1 Å². The smallest absolute Gasteiger partial charge is 0.274 e. The number of fused-ring (bicyclic) bond motifs is 1. The second-order valence-corrected chi connectivity index (χ2v) is 11.1. The molecular weight excluding hydrogens is 450 g/mol. The molecule has 1 aromatic carbocycles. The molecule has 6 rings (SSSR count). The number of nitrogens with one attached hydrogen (secondary N) is 2. The van der Waals surface area contributed by atoms with Crippen LogP contribution >= 0.6 is 0 Å². The van der Waals surface area contributed by atoms with E-state index in [2.05, 4.69) is 52.9 Å². The highest BCUT2D eigenvalue weighted by Gasteiger charge is 2.48. The number of hydrogen-bond acceptors (Lipinski definition) is 5. The zero-order chi connectivity index (χ0) is 25.1. The Morgan fingerprint density at radius 3 is 2.64 bits per heavy atom. The lowest BCUT2D eigenvalue weighted by molar-refractivity contribution is 0.102. The van der Waals surface area contributed by atoms with E-state index in [1.54, 1.807) is 6.33 Å². The predicted molar refractivity (Wildman–Crippen MR) is 140 cm³/mol. The van der Waals surface area contributed by atoms with Crippen LogP contribution in [-0.4, -0.2) is 35.8 Å². The third-order valence-electron chi connectivity index (χ3n) is 8.07. The molecule has 2 N–H and O–H groups in total. The monoisotopic (exact) mass is 483 g/mol. The molecule has 0 bridgehead atoms. The molecular formula is C28H33N7O. The summed E-state index contributed by atoms with van der Waals surface area (Å²) in [5, 5.41) is 16.4. The van der Waals surface area contributed by atoms with Crippen LogP contribution in [0, 0.1) is 5.92 Å². The van der Waals surface area contributed by atoms with E-state index in [9.17, 15) is 4.79 Å². The third kappa shape index (κ3) is 3.89. The van der Waals surface area contributed by atoms with Gasteiger partial charge in [-0.05, 0) is 73.9 Å². The molecule has 0 saturated heterocycles. The average Bonchev–Trinajstić information content (AvgIpc) is 3.23. The van der Waals surface area contributed by atoms with Crippen LogP contribution in [0.3, 0.4) is 0 Å². The largest absolute Gasteiger partial charge is 0.336 e. The van der Waals surface area contributed by atoms with Crippen molar-refractivity contribution in [1.29, 1.82) is 0 Å². The molecule has 0 atom stereocenters. The van der Waals surface area contributed by atoms with Crippen LogP contribution in [-0.2, 0) is 26.1 Å². The highest BCUT2D eigenvalue weighted by Crippen LogP contribution is 2.51. The predicted octanol–water partition coefficient (Wildman–Crippen LogP) is 4.31. The average molecular weight is 484 g/mol. The molecule has 3 heterocycles. The molecule has 0 radical (unpaired) electrons. The Morgan fingerprint density at radius 1 is 1.14 bits per heavy atom. The van der Waals surface area contributed by atoms with E-state index in [0.29, 0.717) is 18.2 Å². The minimum Gasteiger partial charge on any atom is -0.336 e. The van der Waals surface area contributed by atoms with Gasteiger partial charge in [-0.25, -0.2) is 4.98 Å². The van der Waals surface area contributed by atoms with Crippen molar-refractivity contribution >= 4 is 22.6 Å². The maximum absolute atomic E-state index is 13.4. The molecule has 8 nitrogen and oxygen atoms in total. The van der Waals surface area contributed by atoms with E-state index in [4.69, 9.17) is 4.98 Å². The fourth-order valence-electron chi connectivity index (χ4n) is 5.72. The number of carbonyl (C=O) groups excluding carboxylic acids is 1. The molecule has 2 fully saturated rings. The standard InChI is InChI=1S/C28H33N7O/c1-18-14-28(15-18,26-33-30-17-35(26)4)20-6-5-7-21(13-20)31-25(36)23-12-19(16-29-27(2)9-10-27)22-8-11-34(3)24(22)32-23/h5-8,11-13,17-18,29H,9-10,14-16H2,1-4H3,(H,31,36).